The van der Waals surface area contributed by atoms with Gasteiger partial charge in [-0.3, -0.25) is 14.6 Å². The lowest BCUT2D eigenvalue weighted by atomic mass is 10.1. The van der Waals surface area contributed by atoms with Crippen LogP contribution in [0.5, 0.6) is 0 Å². The molecule has 4 aromatic rings. The van der Waals surface area contributed by atoms with Gasteiger partial charge in [-0.05, 0) is 75.1 Å². The Morgan fingerprint density at radius 2 is 1.64 bits per heavy atom. The highest BCUT2D eigenvalue weighted by Crippen LogP contribution is 2.23. The number of amides is 2. The fraction of sp³-hybridized carbons (Fsp3) is 0.257. The summed E-state index contributed by atoms with van der Waals surface area (Å²) in [6.45, 7) is 6.13. The van der Waals surface area contributed by atoms with Gasteiger partial charge in [0.2, 0.25) is 5.91 Å². The molecule has 226 valence electrons. The summed E-state index contributed by atoms with van der Waals surface area (Å²) in [6, 6.07) is 23.6. The van der Waals surface area contributed by atoms with Crippen LogP contribution < -0.4 is 15.5 Å². The highest BCUT2D eigenvalue weighted by molar-refractivity contribution is 6.00. The summed E-state index contributed by atoms with van der Waals surface area (Å²) in [5.41, 5.74) is 6.55. The summed E-state index contributed by atoms with van der Waals surface area (Å²) in [6.07, 6.45) is 6.99. The minimum absolute atomic E-state index is 0.0151. The average Bonchev–Trinajstić information content (AvgIpc) is 3.05. The van der Waals surface area contributed by atoms with Gasteiger partial charge in [0, 0.05) is 80.2 Å². The fourth-order valence-corrected chi connectivity index (χ4v) is 4.90. The highest BCUT2D eigenvalue weighted by atomic mass is 16.2. The van der Waals surface area contributed by atoms with Crippen LogP contribution in [0.1, 0.15) is 21.5 Å². The average molecular weight is 590 g/mol. The molecule has 1 saturated heterocycles. The van der Waals surface area contributed by atoms with Gasteiger partial charge in [-0.15, -0.1) is 0 Å². The minimum atomic E-state index is -0.195. The van der Waals surface area contributed by atoms with Crippen LogP contribution in [0.25, 0.3) is 11.3 Å². The standard InChI is InChI=1S/C35H39N7O2/c1-26-6-8-27(9-7-26)24-37-31-16-17-36-32(23-31)29-12-15-33(38-25-29)41-19-21-42(22-20-41)35(44)28-10-13-30(14-11-28)39-34(43)5-4-18-40(2)3/h4-17,23,25H,18-22,24H2,1-3H3,(H,36,37)(H,39,43)/b5-4+. The third-order valence-corrected chi connectivity index (χ3v) is 7.45. The zero-order chi connectivity index (χ0) is 30.9. The largest absolute Gasteiger partial charge is 0.381 e. The molecule has 2 aromatic heterocycles. The number of rotatable bonds is 10. The second kappa shape index (κ2) is 14.4. The lowest BCUT2D eigenvalue weighted by Crippen LogP contribution is -2.49. The molecule has 3 heterocycles. The third kappa shape index (κ3) is 8.29. The van der Waals surface area contributed by atoms with Gasteiger partial charge < -0.3 is 25.3 Å². The summed E-state index contributed by atoms with van der Waals surface area (Å²) in [5.74, 6) is 0.673. The Bertz CT molecular complexity index is 1580. The molecule has 2 N–H and O–H groups in total. The highest BCUT2D eigenvalue weighted by Gasteiger charge is 2.23. The van der Waals surface area contributed by atoms with Crippen LogP contribution in [-0.4, -0.2) is 78.4 Å². The van der Waals surface area contributed by atoms with Crippen LogP contribution in [0.4, 0.5) is 17.2 Å². The van der Waals surface area contributed by atoms with E-state index in [-0.39, 0.29) is 11.8 Å². The molecule has 1 aliphatic heterocycles. The molecule has 44 heavy (non-hydrogen) atoms. The summed E-state index contributed by atoms with van der Waals surface area (Å²) < 4.78 is 0. The van der Waals surface area contributed by atoms with Crippen molar-refractivity contribution in [3.63, 3.8) is 0 Å². The van der Waals surface area contributed by atoms with Gasteiger partial charge in [0.05, 0.1) is 5.69 Å². The molecule has 0 radical (unpaired) electrons. The molecule has 0 aliphatic carbocycles. The molecule has 0 spiro atoms. The normalized spacial score (nSPS) is 13.4. The molecular weight excluding hydrogens is 550 g/mol. The van der Waals surface area contributed by atoms with Crippen LogP contribution in [0.2, 0.25) is 0 Å². The lowest BCUT2D eigenvalue weighted by Gasteiger charge is -2.35. The van der Waals surface area contributed by atoms with Gasteiger partial charge in [-0.25, -0.2) is 4.98 Å². The molecule has 5 rings (SSSR count). The van der Waals surface area contributed by atoms with Crippen molar-refractivity contribution in [3.05, 3.63) is 114 Å². The predicted octanol–water partition coefficient (Wildman–Crippen LogP) is 5.08. The molecular formula is C35H39N7O2. The molecule has 9 nitrogen and oxygen atoms in total. The van der Waals surface area contributed by atoms with Gasteiger partial charge in [-0.2, -0.15) is 0 Å². The number of carbonyl (C=O) groups excluding carboxylic acids is 2. The Hall–Kier alpha value is -5.02. The molecule has 0 bridgehead atoms. The smallest absolute Gasteiger partial charge is 0.253 e. The zero-order valence-electron chi connectivity index (χ0n) is 25.5. The lowest BCUT2D eigenvalue weighted by molar-refractivity contribution is -0.111. The Labute approximate surface area is 259 Å². The van der Waals surface area contributed by atoms with E-state index in [1.807, 2.05) is 60.6 Å². The molecule has 0 atom stereocenters. The van der Waals surface area contributed by atoms with E-state index in [1.54, 1.807) is 30.3 Å². The number of pyridine rings is 2. The van der Waals surface area contributed by atoms with E-state index in [0.29, 0.717) is 44.0 Å². The van der Waals surface area contributed by atoms with Crippen molar-refractivity contribution in [3.8, 4) is 11.3 Å². The van der Waals surface area contributed by atoms with Crippen LogP contribution in [0, 0.1) is 6.92 Å². The van der Waals surface area contributed by atoms with Crippen molar-refractivity contribution < 1.29 is 9.59 Å². The quantitative estimate of drug-likeness (QED) is 0.249. The molecule has 1 fully saturated rings. The molecule has 0 unspecified atom stereocenters. The van der Waals surface area contributed by atoms with Gasteiger partial charge >= 0.3 is 0 Å². The third-order valence-electron chi connectivity index (χ3n) is 7.45. The van der Waals surface area contributed by atoms with E-state index in [9.17, 15) is 9.59 Å². The van der Waals surface area contributed by atoms with Crippen LogP contribution in [0.3, 0.4) is 0 Å². The molecule has 2 amide bonds. The van der Waals surface area contributed by atoms with E-state index < -0.39 is 0 Å². The number of piperazine rings is 1. The topological polar surface area (TPSA) is 93.7 Å². The minimum Gasteiger partial charge on any atom is -0.381 e. The number of hydrogen-bond acceptors (Lipinski definition) is 7. The van der Waals surface area contributed by atoms with Crippen molar-refractivity contribution in [2.75, 3.05) is 62.4 Å². The fourth-order valence-electron chi connectivity index (χ4n) is 4.90. The number of aromatic nitrogens is 2. The Kier molecular flexibility index (Phi) is 9.99. The number of benzene rings is 2. The SMILES string of the molecule is Cc1ccc(CNc2ccnc(-c3ccc(N4CCN(C(=O)c5ccc(NC(=O)/C=C/CN(C)C)cc5)CC4)nc3)c2)cc1. The number of nitrogens with zero attached hydrogens (tertiary/aromatic N) is 5. The summed E-state index contributed by atoms with van der Waals surface area (Å²) in [4.78, 5) is 40.5. The Balaban J connectivity index is 1.11. The summed E-state index contributed by atoms with van der Waals surface area (Å²) in [7, 11) is 3.88. The van der Waals surface area contributed by atoms with E-state index in [1.165, 1.54) is 17.2 Å². The van der Waals surface area contributed by atoms with Crippen LogP contribution in [0.15, 0.2) is 97.3 Å². The Morgan fingerprint density at radius 3 is 2.32 bits per heavy atom. The van der Waals surface area contributed by atoms with Gasteiger partial charge in [0.15, 0.2) is 0 Å². The predicted molar refractivity (Wildman–Crippen MR) is 177 cm³/mol. The van der Waals surface area contributed by atoms with Gasteiger partial charge in [-0.1, -0.05) is 35.9 Å². The van der Waals surface area contributed by atoms with E-state index in [2.05, 4.69) is 51.7 Å². The van der Waals surface area contributed by atoms with Gasteiger partial charge in [0.1, 0.15) is 5.82 Å². The first-order valence-corrected chi connectivity index (χ1v) is 14.8. The molecule has 9 heteroatoms. The number of hydrogen-bond donors (Lipinski definition) is 2. The van der Waals surface area contributed by atoms with E-state index in [4.69, 9.17) is 4.98 Å². The second-order valence-electron chi connectivity index (χ2n) is 11.2. The van der Waals surface area contributed by atoms with Crippen molar-refractivity contribution in [2.24, 2.45) is 0 Å². The number of nitrogens with one attached hydrogen (secondary N) is 2. The number of likely N-dealkylation sites (N-methyl/N-ethyl adjacent to an activating group) is 1. The number of anilines is 3. The first-order valence-electron chi connectivity index (χ1n) is 14.8. The summed E-state index contributed by atoms with van der Waals surface area (Å²) in [5, 5.41) is 6.30. The number of aryl methyl sites for hydroxylation is 1. The monoisotopic (exact) mass is 589 g/mol. The van der Waals surface area contributed by atoms with Crippen molar-refractivity contribution >= 4 is 29.0 Å². The van der Waals surface area contributed by atoms with E-state index >= 15 is 0 Å². The number of carbonyl (C=O) groups is 2. The maximum Gasteiger partial charge on any atom is 0.253 e. The van der Waals surface area contributed by atoms with Crippen molar-refractivity contribution in [2.45, 2.75) is 13.5 Å². The molecule has 1 aliphatic rings. The first kappa shape index (κ1) is 30.4. The van der Waals surface area contributed by atoms with Crippen molar-refractivity contribution in [1.29, 1.82) is 0 Å². The van der Waals surface area contributed by atoms with Gasteiger partial charge in [0.25, 0.3) is 5.91 Å². The first-order chi connectivity index (χ1) is 21.3. The zero-order valence-corrected chi connectivity index (χ0v) is 25.5. The second-order valence-corrected chi connectivity index (χ2v) is 11.2. The van der Waals surface area contributed by atoms with Crippen LogP contribution >= 0.6 is 0 Å². The van der Waals surface area contributed by atoms with Crippen LogP contribution in [-0.2, 0) is 11.3 Å². The maximum absolute atomic E-state index is 13.1. The van der Waals surface area contributed by atoms with Crippen molar-refractivity contribution in [1.82, 2.24) is 19.8 Å². The molecule has 2 aromatic carbocycles. The Morgan fingerprint density at radius 1 is 0.886 bits per heavy atom. The summed E-state index contributed by atoms with van der Waals surface area (Å²) >= 11 is 0. The van der Waals surface area contributed by atoms with E-state index in [0.717, 1.165) is 29.3 Å². The maximum atomic E-state index is 13.1. The molecule has 0 saturated carbocycles.